The van der Waals surface area contributed by atoms with Crippen LogP contribution in [0.15, 0.2) is 29.2 Å². The summed E-state index contributed by atoms with van der Waals surface area (Å²) in [7, 11) is -4.14. The smallest absolute Gasteiger partial charge is 0.404 e. The van der Waals surface area contributed by atoms with Gasteiger partial charge >= 0.3 is 6.36 Å². The first-order chi connectivity index (χ1) is 9.19. The molecule has 0 saturated heterocycles. The zero-order valence-corrected chi connectivity index (χ0v) is 11.5. The van der Waals surface area contributed by atoms with E-state index in [1.54, 1.807) is 6.92 Å². The van der Waals surface area contributed by atoms with E-state index in [0.29, 0.717) is 6.42 Å². The third-order valence-corrected chi connectivity index (χ3v) is 4.02. The van der Waals surface area contributed by atoms with Crippen molar-refractivity contribution in [1.29, 1.82) is 0 Å². The molecule has 1 atom stereocenters. The van der Waals surface area contributed by atoms with E-state index in [1.807, 2.05) is 0 Å². The highest BCUT2D eigenvalue weighted by Crippen LogP contribution is 2.29. The van der Waals surface area contributed by atoms with Crippen molar-refractivity contribution < 1.29 is 26.3 Å². The molecule has 0 radical (unpaired) electrons. The summed E-state index contributed by atoms with van der Waals surface area (Å²) in [5, 5.41) is 0. The Hall–Kier alpha value is -1.32. The Kier molecular flexibility index (Phi) is 5.37. The summed E-state index contributed by atoms with van der Waals surface area (Å²) in [6.07, 6.45) is -4.55. The molecule has 5 nitrogen and oxygen atoms in total. The molecule has 1 aromatic carbocycles. The van der Waals surface area contributed by atoms with Gasteiger partial charge in [-0.2, -0.15) is 0 Å². The number of para-hydroxylation sites is 1. The summed E-state index contributed by atoms with van der Waals surface area (Å²) >= 11 is 0. The highest BCUT2D eigenvalue weighted by atomic mass is 32.2. The first-order valence-corrected chi connectivity index (χ1v) is 7.25. The minimum absolute atomic E-state index is 0.0397. The SMILES string of the molecule is CCC(CN)NS(=O)(=O)c1ccccc1OC(F)(F)F. The predicted molar refractivity (Wildman–Crippen MR) is 66.6 cm³/mol. The highest BCUT2D eigenvalue weighted by molar-refractivity contribution is 7.89. The maximum absolute atomic E-state index is 12.2. The number of nitrogens with two attached hydrogens (primary N) is 1. The van der Waals surface area contributed by atoms with Crippen LogP contribution >= 0.6 is 0 Å². The molecule has 9 heteroatoms. The molecule has 1 aromatic rings. The fourth-order valence-corrected chi connectivity index (χ4v) is 2.92. The molecule has 0 bridgehead atoms. The lowest BCUT2D eigenvalue weighted by Gasteiger charge is -2.17. The van der Waals surface area contributed by atoms with Gasteiger partial charge in [0.05, 0.1) is 0 Å². The van der Waals surface area contributed by atoms with E-state index in [-0.39, 0.29) is 6.54 Å². The van der Waals surface area contributed by atoms with Gasteiger partial charge in [-0.05, 0) is 18.6 Å². The zero-order valence-electron chi connectivity index (χ0n) is 10.6. The van der Waals surface area contributed by atoms with Crippen molar-refractivity contribution in [3.8, 4) is 5.75 Å². The van der Waals surface area contributed by atoms with Crippen LogP contribution in [-0.2, 0) is 10.0 Å². The van der Waals surface area contributed by atoms with Crippen LogP contribution in [0.25, 0.3) is 0 Å². The second-order valence-corrected chi connectivity index (χ2v) is 5.64. The lowest BCUT2D eigenvalue weighted by Crippen LogP contribution is -2.39. The predicted octanol–water partition coefficient (Wildman–Crippen LogP) is 1.60. The number of sulfonamides is 1. The van der Waals surface area contributed by atoms with Crippen LogP contribution in [0.3, 0.4) is 0 Å². The van der Waals surface area contributed by atoms with Crippen LogP contribution in [0.2, 0.25) is 0 Å². The Morgan fingerprint density at radius 1 is 1.35 bits per heavy atom. The third-order valence-electron chi connectivity index (χ3n) is 2.46. The van der Waals surface area contributed by atoms with Crippen LogP contribution in [0.4, 0.5) is 13.2 Å². The molecule has 0 heterocycles. The third kappa shape index (κ3) is 4.66. The van der Waals surface area contributed by atoms with Crippen molar-refractivity contribution >= 4 is 10.0 Å². The molecular weight excluding hydrogens is 297 g/mol. The molecule has 0 aliphatic heterocycles. The van der Waals surface area contributed by atoms with Crippen molar-refractivity contribution in [3.05, 3.63) is 24.3 Å². The van der Waals surface area contributed by atoms with Crippen LogP contribution in [0.1, 0.15) is 13.3 Å². The largest absolute Gasteiger partial charge is 0.573 e. The molecule has 0 fully saturated rings. The summed E-state index contributed by atoms with van der Waals surface area (Å²) in [6.45, 7) is 1.75. The molecule has 0 spiro atoms. The molecule has 0 aliphatic rings. The molecule has 1 unspecified atom stereocenters. The number of hydrogen-bond donors (Lipinski definition) is 2. The fourth-order valence-electron chi connectivity index (χ4n) is 1.46. The van der Waals surface area contributed by atoms with Gasteiger partial charge in [-0.1, -0.05) is 19.1 Å². The first-order valence-electron chi connectivity index (χ1n) is 5.76. The van der Waals surface area contributed by atoms with E-state index in [4.69, 9.17) is 5.73 Å². The number of halogens is 3. The molecule has 114 valence electrons. The summed E-state index contributed by atoms with van der Waals surface area (Å²) < 4.78 is 66.8. The van der Waals surface area contributed by atoms with E-state index in [1.165, 1.54) is 12.1 Å². The van der Waals surface area contributed by atoms with Gasteiger partial charge in [0, 0.05) is 12.6 Å². The molecule has 0 aromatic heterocycles. The standard InChI is InChI=1S/C11H15F3N2O3S/c1-2-8(7-15)16-20(17,18)10-6-4-3-5-9(10)19-11(12,13)14/h3-6,8,16H,2,7,15H2,1H3. The highest BCUT2D eigenvalue weighted by Gasteiger charge is 2.34. The van der Waals surface area contributed by atoms with E-state index in [0.717, 1.165) is 12.1 Å². The first kappa shape index (κ1) is 16.7. The maximum atomic E-state index is 12.2. The molecule has 0 saturated carbocycles. The van der Waals surface area contributed by atoms with E-state index >= 15 is 0 Å². The van der Waals surface area contributed by atoms with Gasteiger partial charge in [-0.15, -0.1) is 13.2 Å². The average Bonchev–Trinajstić information content (AvgIpc) is 2.34. The van der Waals surface area contributed by atoms with Gasteiger partial charge in [0.25, 0.3) is 0 Å². The van der Waals surface area contributed by atoms with Gasteiger partial charge in [-0.3, -0.25) is 0 Å². The van der Waals surface area contributed by atoms with Crippen molar-refractivity contribution in [1.82, 2.24) is 4.72 Å². The number of rotatable bonds is 6. The van der Waals surface area contributed by atoms with Gasteiger partial charge in [0.2, 0.25) is 10.0 Å². The van der Waals surface area contributed by atoms with Gasteiger partial charge in [0.1, 0.15) is 10.6 Å². The van der Waals surface area contributed by atoms with Crippen LogP contribution < -0.4 is 15.2 Å². The lowest BCUT2D eigenvalue weighted by molar-refractivity contribution is -0.275. The topological polar surface area (TPSA) is 81.4 Å². The molecule has 3 N–H and O–H groups in total. The van der Waals surface area contributed by atoms with Crippen molar-refractivity contribution in [2.24, 2.45) is 5.73 Å². The Balaban J connectivity index is 3.12. The van der Waals surface area contributed by atoms with Crippen molar-refractivity contribution in [2.75, 3.05) is 6.54 Å². The Morgan fingerprint density at radius 3 is 2.45 bits per heavy atom. The quantitative estimate of drug-likeness (QED) is 0.836. The lowest BCUT2D eigenvalue weighted by atomic mass is 10.2. The molecule has 0 aliphatic carbocycles. The van der Waals surface area contributed by atoms with Gasteiger partial charge in [0.15, 0.2) is 0 Å². The van der Waals surface area contributed by atoms with Crippen LogP contribution in [-0.4, -0.2) is 27.4 Å². The van der Waals surface area contributed by atoms with Crippen molar-refractivity contribution in [2.45, 2.75) is 30.6 Å². The fraction of sp³-hybridized carbons (Fsp3) is 0.455. The second kappa shape index (κ2) is 6.42. The normalized spacial score (nSPS) is 14.1. The van der Waals surface area contributed by atoms with Crippen LogP contribution in [0.5, 0.6) is 5.75 Å². The summed E-state index contributed by atoms with van der Waals surface area (Å²) in [5.74, 6) is -0.778. The second-order valence-electron chi connectivity index (χ2n) is 3.96. The zero-order chi connectivity index (χ0) is 15.4. The average molecular weight is 312 g/mol. The van der Waals surface area contributed by atoms with Gasteiger partial charge in [-0.25, -0.2) is 13.1 Å². The molecule has 20 heavy (non-hydrogen) atoms. The number of nitrogens with one attached hydrogen (secondary N) is 1. The van der Waals surface area contributed by atoms with Crippen LogP contribution in [0, 0.1) is 0 Å². The Bertz CT molecular complexity index is 542. The maximum Gasteiger partial charge on any atom is 0.573 e. The number of hydrogen-bond acceptors (Lipinski definition) is 4. The number of benzene rings is 1. The molecule has 1 rings (SSSR count). The monoisotopic (exact) mass is 312 g/mol. The Labute approximate surface area is 115 Å². The Morgan fingerprint density at radius 2 is 1.95 bits per heavy atom. The van der Waals surface area contributed by atoms with E-state index in [2.05, 4.69) is 9.46 Å². The number of alkyl halides is 3. The minimum Gasteiger partial charge on any atom is -0.404 e. The summed E-state index contributed by atoms with van der Waals surface area (Å²) in [5.41, 5.74) is 5.37. The van der Waals surface area contributed by atoms with Gasteiger partial charge < -0.3 is 10.5 Å². The molecule has 0 amide bonds. The van der Waals surface area contributed by atoms with E-state index < -0.39 is 33.1 Å². The summed E-state index contributed by atoms with van der Waals surface area (Å²) in [4.78, 5) is -0.579. The minimum atomic E-state index is -4.97. The number of ether oxygens (including phenoxy) is 1. The van der Waals surface area contributed by atoms with Crippen molar-refractivity contribution in [3.63, 3.8) is 0 Å². The summed E-state index contributed by atoms with van der Waals surface area (Å²) in [6, 6.07) is 3.97. The molecular formula is C11H15F3N2O3S. The van der Waals surface area contributed by atoms with E-state index in [9.17, 15) is 21.6 Å².